The van der Waals surface area contributed by atoms with E-state index in [1.807, 2.05) is 11.0 Å². The molecule has 2 aliphatic rings. The van der Waals surface area contributed by atoms with Gasteiger partial charge in [-0.25, -0.2) is 9.29 Å². The number of halogens is 3. The van der Waals surface area contributed by atoms with Crippen LogP contribution in [0.1, 0.15) is 6.42 Å². The molecule has 2 aliphatic heterocycles. The lowest BCUT2D eigenvalue weighted by Crippen LogP contribution is -3.19. The molecule has 8 heteroatoms. The number of carbonyl (C=O) groups excluding carboxylic acids is 2. The van der Waals surface area contributed by atoms with E-state index in [1.54, 1.807) is 24.3 Å². The Balaban J connectivity index is 1.46. The number of nitrogens with one attached hydrogen (secondary N) is 1. The molecule has 2 heterocycles. The van der Waals surface area contributed by atoms with Crippen molar-refractivity contribution in [1.29, 1.82) is 0 Å². The molecule has 0 radical (unpaired) electrons. The van der Waals surface area contributed by atoms with Crippen molar-refractivity contribution < 1.29 is 18.9 Å². The van der Waals surface area contributed by atoms with Crippen LogP contribution in [0.5, 0.6) is 0 Å². The summed E-state index contributed by atoms with van der Waals surface area (Å²) in [5.41, 5.74) is 1.02. The molecule has 2 aromatic carbocycles. The zero-order valence-electron chi connectivity index (χ0n) is 15.0. The third-order valence-corrected chi connectivity index (χ3v) is 6.14. The molecule has 146 valence electrons. The van der Waals surface area contributed by atoms with Gasteiger partial charge in [0.1, 0.15) is 5.82 Å². The van der Waals surface area contributed by atoms with Crippen LogP contribution in [0.3, 0.4) is 0 Å². The van der Waals surface area contributed by atoms with Crippen molar-refractivity contribution in [2.24, 2.45) is 0 Å². The highest BCUT2D eigenvalue weighted by molar-refractivity contribution is 6.42. The number of hydrogen-bond donors (Lipinski definition) is 1. The van der Waals surface area contributed by atoms with E-state index < -0.39 is 6.04 Å². The van der Waals surface area contributed by atoms with E-state index in [-0.39, 0.29) is 24.1 Å². The average molecular weight is 423 g/mol. The number of amides is 2. The molecule has 5 nitrogen and oxygen atoms in total. The van der Waals surface area contributed by atoms with E-state index in [1.165, 1.54) is 17.0 Å². The summed E-state index contributed by atoms with van der Waals surface area (Å²) in [6.07, 6.45) is 0.161. The van der Waals surface area contributed by atoms with E-state index >= 15 is 0 Å². The Morgan fingerprint density at radius 3 is 2.39 bits per heavy atom. The smallest absolute Gasteiger partial charge is 0.292 e. The maximum Gasteiger partial charge on any atom is 0.292 e. The summed E-state index contributed by atoms with van der Waals surface area (Å²) < 4.78 is 14.0. The summed E-state index contributed by atoms with van der Waals surface area (Å²) in [5.74, 6) is -0.709. The number of nitrogens with zero attached hydrogens (tertiary/aromatic N) is 2. The second-order valence-corrected chi connectivity index (χ2v) is 7.83. The zero-order chi connectivity index (χ0) is 19.8. The van der Waals surface area contributed by atoms with Gasteiger partial charge in [0.2, 0.25) is 5.91 Å². The third kappa shape index (κ3) is 3.48. The van der Waals surface area contributed by atoms with E-state index in [9.17, 15) is 14.0 Å². The lowest BCUT2D eigenvalue weighted by atomic mass is 10.1. The molecule has 1 atom stereocenters. The maximum absolute atomic E-state index is 14.0. The molecular weight excluding hydrogens is 404 g/mol. The Hall–Kier alpha value is -2.15. The largest absolute Gasteiger partial charge is 0.358 e. The number of quaternary nitrogens is 1. The second-order valence-electron chi connectivity index (χ2n) is 7.02. The van der Waals surface area contributed by atoms with Crippen molar-refractivity contribution in [1.82, 2.24) is 0 Å². The van der Waals surface area contributed by atoms with Gasteiger partial charge in [-0.3, -0.25) is 9.59 Å². The van der Waals surface area contributed by atoms with Crippen LogP contribution in [0.25, 0.3) is 0 Å². The first-order valence-corrected chi connectivity index (χ1v) is 9.87. The van der Waals surface area contributed by atoms with Gasteiger partial charge < -0.3 is 9.80 Å². The Bertz CT molecular complexity index is 931. The highest BCUT2D eigenvalue weighted by Crippen LogP contribution is 2.30. The molecule has 0 spiro atoms. The maximum atomic E-state index is 14.0. The Kier molecular flexibility index (Phi) is 5.27. The van der Waals surface area contributed by atoms with Crippen LogP contribution in [0.4, 0.5) is 15.8 Å². The number of rotatable bonds is 3. The van der Waals surface area contributed by atoms with Gasteiger partial charge in [0.15, 0.2) is 6.04 Å². The SMILES string of the molecule is O=C1C[C@@H]([NH+]2CCN(c3ccccc3F)CC2)C(=O)N1c1ccc(Cl)c(Cl)c1. The quantitative estimate of drug-likeness (QED) is 0.770. The van der Waals surface area contributed by atoms with E-state index in [0.29, 0.717) is 47.6 Å². The van der Waals surface area contributed by atoms with Gasteiger partial charge in [-0.05, 0) is 30.3 Å². The van der Waals surface area contributed by atoms with Gasteiger partial charge in [-0.15, -0.1) is 0 Å². The van der Waals surface area contributed by atoms with Crippen molar-refractivity contribution >= 4 is 46.4 Å². The highest BCUT2D eigenvalue weighted by atomic mass is 35.5. The minimum atomic E-state index is -0.426. The Labute approximate surface area is 172 Å². The van der Waals surface area contributed by atoms with Crippen molar-refractivity contribution in [3.8, 4) is 0 Å². The fourth-order valence-corrected chi connectivity index (χ4v) is 4.23. The summed E-state index contributed by atoms with van der Waals surface area (Å²) in [6, 6.07) is 11.0. The number of para-hydroxylation sites is 1. The number of piperazine rings is 1. The van der Waals surface area contributed by atoms with E-state index in [0.717, 1.165) is 4.90 Å². The molecule has 2 saturated heterocycles. The molecular formula is C20H19Cl2FN3O2+. The minimum Gasteiger partial charge on any atom is -0.358 e. The van der Waals surface area contributed by atoms with Gasteiger partial charge in [0.25, 0.3) is 5.91 Å². The van der Waals surface area contributed by atoms with Crippen LogP contribution in [-0.2, 0) is 9.59 Å². The number of hydrogen-bond acceptors (Lipinski definition) is 3. The summed E-state index contributed by atoms with van der Waals surface area (Å²) >= 11 is 12.0. The van der Waals surface area contributed by atoms with Gasteiger partial charge in [-0.2, -0.15) is 0 Å². The standard InChI is InChI=1S/C20H18Cl2FN3O2/c21-14-6-5-13(11-15(14)22)26-19(27)12-18(20(26)28)25-9-7-24(8-10-25)17-4-2-1-3-16(17)23/h1-6,11,18H,7-10,12H2/p+1/t18-/m1/s1. The summed E-state index contributed by atoms with van der Waals surface area (Å²) in [6.45, 7) is 2.57. The Morgan fingerprint density at radius 2 is 1.71 bits per heavy atom. The van der Waals surface area contributed by atoms with Gasteiger partial charge in [0, 0.05) is 0 Å². The van der Waals surface area contributed by atoms with Crippen LogP contribution in [0.15, 0.2) is 42.5 Å². The summed E-state index contributed by atoms with van der Waals surface area (Å²) in [7, 11) is 0. The Morgan fingerprint density at radius 1 is 1.00 bits per heavy atom. The number of imide groups is 1. The molecule has 1 N–H and O–H groups in total. The third-order valence-electron chi connectivity index (χ3n) is 5.40. The van der Waals surface area contributed by atoms with Gasteiger partial charge in [-0.1, -0.05) is 35.3 Å². The normalized spacial score (nSPS) is 20.9. The summed E-state index contributed by atoms with van der Waals surface area (Å²) in [5, 5.41) is 0.671. The molecule has 2 amide bonds. The average Bonchev–Trinajstić information content (AvgIpc) is 2.99. The second kappa shape index (κ2) is 7.70. The molecule has 0 unspecified atom stereocenters. The van der Waals surface area contributed by atoms with Crippen molar-refractivity contribution in [3.05, 3.63) is 58.3 Å². The van der Waals surface area contributed by atoms with Crippen molar-refractivity contribution in [2.75, 3.05) is 36.0 Å². The molecule has 0 aromatic heterocycles. The molecule has 28 heavy (non-hydrogen) atoms. The van der Waals surface area contributed by atoms with Gasteiger partial charge in [0.05, 0.1) is 54.0 Å². The fourth-order valence-electron chi connectivity index (χ4n) is 3.94. The van der Waals surface area contributed by atoms with Crippen LogP contribution in [-0.4, -0.2) is 44.0 Å². The molecule has 2 fully saturated rings. The van der Waals surface area contributed by atoms with E-state index in [2.05, 4.69) is 0 Å². The van der Waals surface area contributed by atoms with Crippen molar-refractivity contribution in [2.45, 2.75) is 12.5 Å². The molecule has 0 bridgehead atoms. The van der Waals surface area contributed by atoms with Crippen LogP contribution in [0, 0.1) is 5.82 Å². The predicted molar refractivity (Wildman–Crippen MR) is 107 cm³/mol. The number of anilines is 2. The monoisotopic (exact) mass is 422 g/mol. The zero-order valence-corrected chi connectivity index (χ0v) is 16.5. The fraction of sp³-hybridized carbons (Fsp3) is 0.300. The van der Waals surface area contributed by atoms with Gasteiger partial charge >= 0.3 is 0 Å². The minimum absolute atomic E-state index is 0.161. The number of benzene rings is 2. The predicted octanol–water partition coefficient (Wildman–Crippen LogP) is 2.17. The number of carbonyl (C=O) groups is 2. The lowest BCUT2D eigenvalue weighted by Gasteiger charge is -2.35. The highest BCUT2D eigenvalue weighted by Gasteiger charge is 2.46. The topological polar surface area (TPSA) is 45.1 Å². The molecule has 2 aromatic rings. The lowest BCUT2D eigenvalue weighted by molar-refractivity contribution is -0.915. The first-order chi connectivity index (χ1) is 13.5. The van der Waals surface area contributed by atoms with Crippen LogP contribution in [0.2, 0.25) is 10.0 Å². The molecule has 0 saturated carbocycles. The first-order valence-electron chi connectivity index (χ1n) is 9.11. The molecule has 4 rings (SSSR count). The van der Waals surface area contributed by atoms with Crippen LogP contribution >= 0.6 is 23.2 Å². The van der Waals surface area contributed by atoms with Crippen molar-refractivity contribution in [3.63, 3.8) is 0 Å². The molecule has 0 aliphatic carbocycles. The summed E-state index contributed by atoms with van der Waals surface area (Å²) in [4.78, 5) is 29.7. The van der Waals surface area contributed by atoms with Crippen LogP contribution < -0.4 is 14.7 Å². The van der Waals surface area contributed by atoms with E-state index in [4.69, 9.17) is 23.2 Å². The first kappa shape index (κ1) is 19.2.